The molecule has 2 aromatic carbocycles. The van der Waals surface area contributed by atoms with Crippen LogP contribution in [0.3, 0.4) is 0 Å². The Labute approximate surface area is 181 Å². The number of anilines is 2. The van der Waals surface area contributed by atoms with Crippen molar-refractivity contribution >= 4 is 17.5 Å². The van der Waals surface area contributed by atoms with E-state index in [1.165, 1.54) is 0 Å². The first-order chi connectivity index (χ1) is 15.2. The van der Waals surface area contributed by atoms with Crippen molar-refractivity contribution in [3.8, 4) is 11.5 Å². The first kappa shape index (κ1) is 20.5. The van der Waals surface area contributed by atoms with E-state index in [2.05, 4.69) is 14.9 Å². The normalized spacial score (nSPS) is 13.7. The molecule has 3 aromatic rings. The van der Waals surface area contributed by atoms with Gasteiger partial charge in [0.05, 0.1) is 12.7 Å². The number of amides is 1. The SMILES string of the molecule is COc1cc(C(=O)N2CCN(c3ncccn3)CC2)c(N)cc1OCc1ccccc1. The van der Waals surface area contributed by atoms with Gasteiger partial charge in [-0.3, -0.25) is 4.79 Å². The van der Waals surface area contributed by atoms with Crippen molar-refractivity contribution in [2.45, 2.75) is 6.61 Å². The van der Waals surface area contributed by atoms with Crippen molar-refractivity contribution in [3.05, 3.63) is 72.1 Å². The van der Waals surface area contributed by atoms with Gasteiger partial charge < -0.3 is 25.0 Å². The van der Waals surface area contributed by atoms with E-state index >= 15 is 0 Å². The maximum atomic E-state index is 13.1. The molecule has 2 N–H and O–H groups in total. The molecule has 31 heavy (non-hydrogen) atoms. The van der Waals surface area contributed by atoms with E-state index in [0.29, 0.717) is 61.5 Å². The molecule has 1 aliphatic heterocycles. The lowest BCUT2D eigenvalue weighted by atomic mass is 10.1. The van der Waals surface area contributed by atoms with E-state index < -0.39 is 0 Å². The molecule has 160 valence electrons. The van der Waals surface area contributed by atoms with Crippen LogP contribution in [0.4, 0.5) is 11.6 Å². The van der Waals surface area contributed by atoms with Crippen LogP contribution in [0.25, 0.3) is 0 Å². The van der Waals surface area contributed by atoms with Crippen LogP contribution in [-0.2, 0) is 6.61 Å². The summed E-state index contributed by atoms with van der Waals surface area (Å²) in [6.07, 6.45) is 3.43. The minimum absolute atomic E-state index is 0.126. The molecule has 1 aliphatic rings. The van der Waals surface area contributed by atoms with Gasteiger partial charge in [-0.1, -0.05) is 30.3 Å². The zero-order valence-corrected chi connectivity index (χ0v) is 17.4. The number of ether oxygens (including phenoxy) is 2. The third-order valence-corrected chi connectivity index (χ3v) is 5.21. The Bertz CT molecular complexity index is 1020. The highest BCUT2D eigenvalue weighted by Gasteiger charge is 2.25. The lowest BCUT2D eigenvalue weighted by molar-refractivity contribution is 0.0747. The van der Waals surface area contributed by atoms with Gasteiger partial charge in [0.25, 0.3) is 5.91 Å². The number of rotatable bonds is 6. The molecule has 1 saturated heterocycles. The first-order valence-corrected chi connectivity index (χ1v) is 10.1. The zero-order chi connectivity index (χ0) is 21.6. The summed E-state index contributed by atoms with van der Waals surface area (Å²) in [4.78, 5) is 25.5. The number of nitrogens with zero attached hydrogens (tertiary/aromatic N) is 4. The molecule has 1 amide bonds. The summed E-state index contributed by atoms with van der Waals surface area (Å²) in [7, 11) is 1.55. The predicted octanol–water partition coefficient (Wildman–Crippen LogP) is 2.61. The fourth-order valence-corrected chi connectivity index (χ4v) is 3.50. The standard InChI is InChI=1S/C23H25N5O3/c1-30-20-14-18(19(24)15-21(20)31-16-17-6-3-2-4-7-17)22(29)27-10-12-28(13-11-27)23-25-8-5-9-26-23/h2-9,14-15H,10-13,16,24H2,1H3. The number of nitrogens with two attached hydrogens (primary N) is 1. The fourth-order valence-electron chi connectivity index (χ4n) is 3.50. The Morgan fingerprint density at radius 3 is 2.39 bits per heavy atom. The van der Waals surface area contributed by atoms with Crippen molar-refractivity contribution in [1.82, 2.24) is 14.9 Å². The van der Waals surface area contributed by atoms with Gasteiger partial charge >= 0.3 is 0 Å². The number of piperazine rings is 1. The smallest absolute Gasteiger partial charge is 0.256 e. The highest BCUT2D eigenvalue weighted by atomic mass is 16.5. The van der Waals surface area contributed by atoms with E-state index in [1.807, 2.05) is 30.3 Å². The van der Waals surface area contributed by atoms with Crippen LogP contribution in [0, 0.1) is 0 Å². The Kier molecular flexibility index (Phi) is 6.16. The number of nitrogen functional groups attached to an aromatic ring is 1. The molecule has 0 unspecified atom stereocenters. The van der Waals surface area contributed by atoms with E-state index in [9.17, 15) is 4.79 Å². The quantitative estimate of drug-likeness (QED) is 0.614. The number of carbonyl (C=O) groups is 1. The number of carbonyl (C=O) groups excluding carboxylic acids is 1. The zero-order valence-electron chi connectivity index (χ0n) is 17.4. The fraction of sp³-hybridized carbons (Fsp3) is 0.261. The summed E-state index contributed by atoms with van der Waals surface area (Å²) in [5, 5.41) is 0. The molecule has 0 saturated carbocycles. The molecule has 4 rings (SSSR count). The third-order valence-electron chi connectivity index (χ3n) is 5.21. The number of methoxy groups -OCH3 is 1. The average Bonchev–Trinajstić information content (AvgIpc) is 2.83. The molecule has 1 aromatic heterocycles. The highest BCUT2D eigenvalue weighted by molar-refractivity contribution is 6.00. The molecule has 0 spiro atoms. The molecule has 0 aliphatic carbocycles. The second kappa shape index (κ2) is 9.34. The van der Waals surface area contributed by atoms with Gasteiger partial charge in [0.15, 0.2) is 11.5 Å². The van der Waals surface area contributed by atoms with Crippen molar-refractivity contribution in [2.24, 2.45) is 0 Å². The molecule has 1 fully saturated rings. The lowest BCUT2D eigenvalue weighted by Crippen LogP contribution is -2.49. The molecule has 0 atom stereocenters. The average molecular weight is 419 g/mol. The van der Waals surface area contributed by atoms with Crippen molar-refractivity contribution in [3.63, 3.8) is 0 Å². The maximum Gasteiger partial charge on any atom is 0.256 e. The summed E-state index contributed by atoms with van der Waals surface area (Å²) >= 11 is 0. The van der Waals surface area contributed by atoms with Crippen LogP contribution in [0.15, 0.2) is 60.9 Å². The molecule has 0 radical (unpaired) electrons. The topological polar surface area (TPSA) is 93.8 Å². The predicted molar refractivity (Wildman–Crippen MR) is 118 cm³/mol. The highest BCUT2D eigenvalue weighted by Crippen LogP contribution is 2.33. The van der Waals surface area contributed by atoms with E-state index in [-0.39, 0.29) is 5.91 Å². The summed E-state index contributed by atoms with van der Waals surface area (Å²) in [6, 6.07) is 14.9. The van der Waals surface area contributed by atoms with Crippen LogP contribution < -0.4 is 20.1 Å². The second-order valence-electron chi connectivity index (χ2n) is 7.19. The van der Waals surface area contributed by atoms with Crippen LogP contribution in [-0.4, -0.2) is 54.1 Å². The number of hydrogen-bond donors (Lipinski definition) is 1. The van der Waals surface area contributed by atoms with Crippen LogP contribution >= 0.6 is 0 Å². The molecular weight excluding hydrogens is 394 g/mol. The minimum atomic E-state index is -0.126. The Hall–Kier alpha value is -3.81. The monoisotopic (exact) mass is 419 g/mol. The van der Waals surface area contributed by atoms with Crippen molar-refractivity contribution in [2.75, 3.05) is 43.9 Å². The number of hydrogen-bond acceptors (Lipinski definition) is 7. The van der Waals surface area contributed by atoms with Crippen molar-refractivity contribution < 1.29 is 14.3 Å². The Morgan fingerprint density at radius 2 is 1.71 bits per heavy atom. The van der Waals surface area contributed by atoms with Crippen LogP contribution in [0.1, 0.15) is 15.9 Å². The molecule has 2 heterocycles. The van der Waals surface area contributed by atoms with Gasteiger partial charge in [-0.15, -0.1) is 0 Å². The van der Waals surface area contributed by atoms with E-state index in [4.69, 9.17) is 15.2 Å². The molecule has 8 heteroatoms. The first-order valence-electron chi connectivity index (χ1n) is 10.1. The molecular formula is C23H25N5O3. The Balaban J connectivity index is 1.44. The third kappa shape index (κ3) is 4.69. The van der Waals surface area contributed by atoms with Gasteiger partial charge in [-0.25, -0.2) is 9.97 Å². The maximum absolute atomic E-state index is 13.1. The summed E-state index contributed by atoms with van der Waals surface area (Å²) in [5.74, 6) is 1.53. The minimum Gasteiger partial charge on any atom is -0.493 e. The van der Waals surface area contributed by atoms with Crippen molar-refractivity contribution in [1.29, 1.82) is 0 Å². The van der Waals surface area contributed by atoms with E-state index in [1.54, 1.807) is 42.6 Å². The van der Waals surface area contributed by atoms with E-state index in [0.717, 1.165) is 5.56 Å². The lowest BCUT2D eigenvalue weighted by Gasteiger charge is -2.35. The van der Waals surface area contributed by atoms with Crippen LogP contribution in [0.5, 0.6) is 11.5 Å². The van der Waals surface area contributed by atoms with Gasteiger partial charge in [0.1, 0.15) is 6.61 Å². The molecule has 0 bridgehead atoms. The largest absolute Gasteiger partial charge is 0.493 e. The number of benzene rings is 2. The van der Waals surface area contributed by atoms with Gasteiger partial charge in [-0.2, -0.15) is 0 Å². The summed E-state index contributed by atoms with van der Waals surface area (Å²) in [5.41, 5.74) is 8.03. The van der Waals surface area contributed by atoms with Gasteiger partial charge in [-0.05, 0) is 17.7 Å². The molecule has 8 nitrogen and oxygen atoms in total. The second-order valence-corrected chi connectivity index (χ2v) is 7.19. The number of aromatic nitrogens is 2. The summed E-state index contributed by atoms with van der Waals surface area (Å²) < 4.78 is 11.4. The Morgan fingerprint density at radius 1 is 1.00 bits per heavy atom. The van der Waals surface area contributed by atoms with Gasteiger partial charge in [0, 0.05) is 50.3 Å². The van der Waals surface area contributed by atoms with Crippen LogP contribution in [0.2, 0.25) is 0 Å². The summed E-state index contributed by atoms with van der Waals surface area (Å²) in [6.45, 7) is 2.82. The van der Waals surface area contributed by atoms with Gasteiger partial charge in [0.2, 0.25) is 5.95 Å².